The lowest BCUT2D eigenvalue weighted by Gasteiger charge is -2.20. The molecule has 0 radical (unpaired) electrons. The molecule has 0 aliphatic carbocycles. The molecule has 1 nitrogen and oxygen atoms in total. The summed E-state index contributed by atoms with van der Waals surface area (Å²) >= 11 is 1.92. The van der Waals surface area contributed by atoms with Crippen LogP contribution in [0, 0.1) is 12.3 Å². The molecule has 2 heteroatoms. The van der Waals surface area contributed by atoms with E-state index in [4.69, 9.17) is 0 Å². The van der Waals surface area contributed by atoms with E-state index in [1.54, 1.807) is 0 Å². The zero-order valence-corrected chi connectivity index (χ0v) is 12.1. The first-order chi connectivity index (χ1) is 7.37. The van der Waals surface area contributed by atoms with E-state index in [1.807, 2.05) is 11.3 Å². The van der Waals surface area contributed by atoms with E-state index in [0.29, 0.717) is 11.5 Å². The highest BCUT2D eigenvalue weighted by atomic mass is 32.1. The molecule has 0 amide bonds. The number of nitrogens with one attached hydrogen (secondary N) is 1. The molecule has 0 fully saturated rings. The maximum atomic E-state index is 3.60. The fourth-order valence-electron chi connectivity index (χ4n) is 1.66. The molecule has 1 atom stereocenters. The van der Waals surface area contributed by atoms with Crippen molar-refractivity contribution in [3.8, 4) is 0 Å². The molecule has 16 heavy (non-hydrogen) atoms. The highest BCUT2D eigenvalue weighted by Crippen LogP contribution is 2.18. The van der Waals surface area contributed by atoms with Crippen molar-refractivity contribution in [1.82, 2.24) is 5.32 Å². The highest BCUT2D eigenvalue weighted by molar-refractivity contribution is 7.11. The van der Waals surface area contributed by atoms with E-state index in [2.05, 4.69) is 52.1 Å². The zero-order valence-electron chi connectivity index (χ0n) is 11.3. The Morgan fingerprint density at radius 3 is 2.50 bits per heavy atom. The van der Waals surface area contributed by atoms with Gasteiger partial charge in [-0.3, -0.25) is 0 Å². The summed E-state index contributed by atoms with van der Waals surface area (Å²) in [7, 11) is 0. The molecule has 0 saturated heterocycles. The summed E-state index contributed by atoms with van der Waals surface area (Å²) in [6, 6.07) is 5.05. The standard InChI is InChI=1S/C14H25NS/c1-11(15-9-8-14(3,4)5)10-13-7-6-12(2)16-13/h6-7,11,15H,8-10H2,1-5H3. The molecule has 0 saturated carbocycles. The average molecular weight is 239 g/mol. The number of hydrogen-bond donors (Lipinski definition) is 1. The molecule has 0 aliphatic heterocycles. The maximum absolute atomic E-state index is 3.60. The largest absolute Gasteiger partial charge is 0.314 e. The van der Waals surface area contributed by atoms with Crippen LogP contribution >= 0.6 is 11.3 Å². The van der Waals surface area contributed by atoms with Gasteiger partial charge in [0.05, 0.1) is 0 Å². The first-order valence-corrected chi connectivity index (χ1v) is 6.97. The van der Waals surface area contributed by atoms with Crippen molar-refractivity contribution in [1.29, 1.82) is 0 Å². The summed E-state index contributed by atoms with van der Waals surface area (Å²) in [5.41, 5.74) is 0.437. The van der Waals surface area contributed by atoms with Crippen molar-refractivity contribution < 1.29 is 0 Å². The van der Waals surface area contributed by atoms with E-state index in [-0.39, 0.29) is 0 Å². The van der Waals surface area contributed by atoms with Gasteiger partial charge in [0.25, 0.3) is 0 Å². The SMILES string of the molecule is Cc1ccc(CC(C)NCCC(C)(C)C)s1. The summed E-state index contributed by atoms with van der Waals surface area (Å²) < 4.78 is 0. The van der Waals surface area contributed by atoms with Gasteiger partial charge in [0.1, 0.15) is 0 Å². The molecule has 0 aromatic carbocycles. The van der Waals surface area contributed by atoms with E-state index in [0.717, 1.165) is 13.0 Å². The Morgan fingerprint density at radius 2 is 2.00 bits per heavy atom. The van der Waals surface area contributed by atoms with Gasteiger partial charge in [-0.05, 0) is 50.8 Å². The summed E-state index contributed by atoms with van der Waals surface area (Å²) in [5, 5.41) is 3.60. The maximum Gasteiger partial charge on any atom is 0.00870 e. The van der Waals surface area contributed by atoms with Crippen molar-refractivity contribution in [3.63, 3.8) is 0 Å². The Labute approximate surface area is 104 Å². The molecule has 0 spiro atoms. The number of aryl methyl sites for hydroxylation is 1. The first-order valence-electron chi connectivity index (χ1n) is 6.15. The van der Waals surface area contributed by atoms with E-state index in [9.17, 15) is 0 Å². The second-order valence-corrected chi connectivity index (χ2v) is 7.25. The van der Waals surface area contributed by atoms with Crippen LogP contribution in [0.2, 0.25) is 0 Å². The van der Waals surface area contributed by atoms with Crippen LogP contribution in [0.25, 0.3) is 0 Å². The van der Waals surface area contributed by atoms with Crippen molar-refractivity contribution in [3.05, 3.63) is 21.9 Å². The summed E-state index contributed by atoms with van der Waals surface area (Å²) in [4.78, 5) is 2.91. The van der Waals surface area contributed by atoms with Crippen LogP contribution in [0.3, 0.4) is 0 Å². The smallest absolute Gasteiger partial charge is 0.00870 e. The molecule has 1 unspecified atom stereocenters. The minimum Gasteiger partial charge on any atom is -0.314 e. The molecule has 1 aromatic rings. The Kier molecular flexibility index (Phi) is 5.00. The Morgan fingerprint density at radius 1 is 1.31 bits per heavy atom. The van der Waals surface area contributed by atoms with Gasteiger partial charge in [0.2, 0.25) is 0 Å². The number of thiophene rings is 1. The topological polar surface area (TPSA) is 12.0 Å². The fourth-order valence-corrected chi connectivity index (χ4v) is 2.68. The van der Waals surface area contributed by atoms with Crippen LogP contribution in [0.4, 0.5) is 0 Å². The predicted octanol–water partition coefficient (Wildman–Crippen LogP) is 4.01. The summed E-state index contributed by atoms with van der Waals surface area (Å²) in [6.07, 6.45) is 2.39. The third-order valence-electron chi connectivity index (χ3n) is 2.67. The lowest BCUT2D eigenvalue weighted by Crippen LogP contribution is -2.30. The third-order valence-corrected chi connectivity index (χ3v) is 3.69. The minimum atomic E-state index is 0.437. The first kappa shape index (κ1) is 13.7. The van der Waals surface area contributed by atoms with Crippen LogP contribution in [-0.4, -0.2) is 12.6 Å². The lowest BCUT2D eigenvalue weighted by atomic mass is 9.92. The molecule has 0 aliphatic rings. The average Bonchev–Trinajstić information content (AvgIpc) is 2.48. The van der Waals surface area contributed by atoms with Crippen LogP contribution in [0.1, 0.15) is 43.9 Å². The van der Waals surface area contributed by atoms with Crippen LogP contribution in [-0.2, 0) is 6.42 Å². The number of rotatable bonds is 5. The molecule has 1 N–H and O–H groups in total. The molecule has 1 rings (SSSR count). The second-order valence-electron chi connectivity index (χ2n) is 5.88. The third kappa shape index (κ3) is 5.66. The fraction of sp³-hybridized carbons (Fsp3) is 0.714. The molecule has 0 bridgehead atoms. The number of hydrogen-bond acceptors (Lipinski definition) is 2. The minimum absolute atomic E-state index is 0.437. The van der Waals surface area contributed by atoms with Crippen LogP contribution in [0.15, 0.2) is 12.1 Å². The van der Waals surface area contributed by atoms with Gasteiger partial charge in [-0.2, -0.15) is 0 Å². The van der Waals surface area contributed by atoms with Gasteiger partial charge < -0.3 is 5.32 Å². The van der Waals surface area contributed by atoms with E-state index < -0.39 is 0 Å². The summed E-state index contributed by atoms with van der Waals surface area (Å²) in [5.74, 6) is 0. The van der Waals surface area contributed by atoms with E-state index in [1.165, 1.54) is 16.2 Å². The predicted molar refractivity (Wildman–Crippen MR) is 74.3 cm³/mol. The van der Waals surface area contributed by atoms with Gasteiger partial charge in [-0.15, -0.1) is 11.3 Å². The Hall–Kier alpha value is -0.340. The second kappa shape index (κ2) is 5.83. The molecular weight excluding hydrogens is 214 g/mol. The molecular formula is C14H25NS. The zero-order chi connectivity index (χ0) is 12.2. The van der Waals surface area contributed by atoms with Crippen molar-refractivity contribution in [2.45, 2.75) is 53.5 Å². The normalized spacial score (nSPS) is 14.1. The van der Waals surface area contributed by atoms with Gasteiger partial charge >= 0.3 is 0 Å². The highest BCUT2D eigenvalue weighted by Gasteiger charge is 2.10. The summed E-state index contributed by atoms with van der Waals surface area (Å²) in [6.45, 7) is 12.4. The Bertz CT molecular complexity index is 309. The van der Waals surface area contributed by atoms with Crippen LogP contribution in [0.5, 0.6) is 0 Å². The lowest BCUT2D eigenvalue weighted by molar-refractivity contribution is 0.356. The quantitative estimate of drug-likeness (QED) is 0.818. The van der Waals surface area contributed by atoms with Crippen molar-refractivity contribution in [2.75, 3.05) is 6.54 Å². The van der Waals surface area contributed by atoms with Crippen molar-refractivity contribution in [2.24, 2.45) is 5.41 Å². The monoisotopic (exact) mass is 239 g/mol. The van der Waals surface area contributed by atoms with Crippen LogP contribution < -0.4 is 5.32 Å². The molecule has 92 valence electrons. The van der Waals surface area contributed by atoms with Gasteiger partial charge in [0, 0.05) is 15.8 Å². The molecule has 1 aromatic heterocycles. The van der Waals surface area contributed by atoms with Crippen molar-refractivity contribution >= 4 is 11.3 Å². The van der Waals surface area contributed by atoms with E-state index >= 15 is 0 Å². The van der Waals surface area contributed by atoms with Gasteiger partial charge in [-0.1, -0.05) is 20.8 Å². The van der Waals surface area contributed by atoms with Gasteiger partial charge in [-0.25, -0.2) is 0 Å². The van der Waals surface area contributed by atoms with Gasteiger partial charge in [0.15, 0.2) is 0 Å². The Balaban J connectivity index is 2.23. The molecule has 1 heterocycles.